The Labute approximate surface area is 124 Å². The van der Waals surface area contributed by atoms with E-state index in [0.29, 0.717) is 12.8 Å². The predicted octanol–water partition coefficient (Wildman–Crippen LogP) is 2.83. The molecule has 0 fully saturated rings. The molecule has 20 heavy (non-hydrogen) atoms. The number of benzene rings is 1. The van der Waals surface area contributed by atoms with Crippen LogP contribution in [0.15, 0.2) is 17.0 Å². The van der Waals surface area contributed by atoms with Gasteiger partial charge in [0.1, 0.15) is 5.82 Å². The summed E-state index contributed by atoms with van der Waals surface area (Å²) in [6.45, 7) is 3.32. The molecule has 2 N–H and O–H groups in total. The minimum Gasteiger partial charge on any atom is -0.392 e. The summed E-state index contributed by atoms with van der Waals surface area (Å²) in [5.41, 5.74) is 0.0515. The predicted molar refractivity (Wildman–Crippen MR) is 76.6 cm³/mol. The Kier molecular flexibility index (Phi) is 6.39. The molecule has 1 atom stereocenters. The van der Waals surface area contributed by atoms with Gasteiger partial charge in [0.25, 0.3) is 0 Å². The number of nitrogens with one attached hydrogen (secondary N) is 1. The van der Waals surface area contributed by atoms with Crippen molar-refractivity contribution in [2.75, 3.05) is 0 Å². The zero-order valence-corrected chi connectivity index (χ0v) is 13.1. The summed E-state index contributed by atoms with van der Waals surface area (Å²) in [4.78, 5) is -0.224. The molecule has 0 saturated carbocycles. The Hall–Kier alpha value is -0.690. The molecule has 4 nitrogen and oxygen atoms in total. The van der Waals surface area contributed by atoms with Crippen molar-refractivity contribution in [2.24, 2.45) is 0 Å². The van der Waals surface area contributed by atoms with Gasteiger partial charge in [-0.15, -0.1) is 0 Å². The smallest absolute Gasteiger partial charge is 0.240 e. The molecular formula is C13H19ClFNO3S. The van der Waals surface area contributed by atoms with Gasteiger partial charge in [0, 0.05) is 11.6 Å². The number of rotatable bonds is 7. The van der Waals surface area contributed by atoms with Crippen molar-refractivity contribution in [1.29, 1.82) is 0 Å². The molecule has 1 unspecified atom stereocenters. The molecule has 7 heteroatoms. The number of hydrogen-bond donors (Lipinski definition) is 2. The summed E-state index contributed by atoms with van der Waals surface area (Å²) in [5.74, 6) is -0.859. The van der Waals surface area contributed by atoms with Gasteiger partial charge in [0.2, 0.25) is 10.0 Å². The summed E-state index contributed by atoms with van der Waals surface area (Å²) in [5, 5.41) is 8.82. The quantitative estimate of drug-likeness (QED) is 0.811. The van der Waals surface area contributed by atoms with Crippen molar-refractivity contribution in [3.63, 3.8) is 0 Å². The molecule has 114 valence electrons. The second-order valence-electron chi connectivity index (χ2n) is 4.55. The average Bonchev–Trinajstić information content (AvgIpc) is 2.40. The van der Waals surface area contributed by atoms with Gasteiger partial charge in [-0.3, -0.25) is 0 Å². The Morgan fingerprint density at radius 1 is 1.40 bits per heavy atom. The van der Waals surface area contributed by atoms with Crippen LogP contribution < -0.4 is 4.72 Å². The highest BCUT2D eigenvalue weighted by Crippen LogP contribution is 2.24. The van der Waals surface area contributed by atoms with E-state index in [-0.39, 0.29) is 21.5 Å². The van der Waals surface area contributed by atoms with Gasteiger partial charge in [-0.1, -0.05) is 31.9 Å². The molecule has 0 saturated heterocycles. The normalized spacial score (nSPS) is 13.4. The summed E-state index contributed by atoms with van der Waals surface area (Å²) in [6, 6.07) is 1.86. The first kappa shape index (κ1) is 17.4. The minimum atomic E-state index is -3.83. The molecular weight excluding hydrogens is 305 g/mol. The standard InChI is InChI=1S/C13H19ClFNO3S/c1-3-5-10(4-2)16-20(18,19)11-6-9(8-17)13(14)12(15)7-11/h6-7,10,16-17H,3-5,8H2,1-2H3. The summed E-state index contributed by atoms with van der Waals surface area (Å²) >= 11 is 5.65. The highest BCUT2D eigenvalue weighted by Gasteiger charge is 2.21. The lowest BCUT2D eigenvalue weighted by molar-refractivity contribution is 0.281. The fourth-order valence-electron chi connectivity index (χ4n) is 1.87. The van der Waals surface area contributed by atoms with E-state index in [9.17, 15) is 12.8 Å². The van der Waals surface area contributed by atoms with Crippen molar-refractivity contribution in [2.45, 2.75) is 50.7 Å². The van der Waals surface area contributed by atoms with Crippen LogP contribution in [0.3, 0.4) is 0 Å². The Morgan fingerprint density at radius 3 is 2.55 bits per heavy atom. The summed E-state index contributed by atoms with van der Waals surface area (Å²) < 4.78 is 40.5. The third-order valence-electron chi connectivity index (χ3n) is 3.01. The first-order chi connectivity index (χ1) is 9.35. The zero-order valence-electron chi connectivity index (χ0n) is 11.5. The van der Waals surface area contributed by atoms with E-state index in [2.05, 4.69) is 4.72 Å². The van der Waals surface area contributed by atoms with Crippen molar-refractivity contribution in [3.8, 4) is 0 Å². The molecule has 0 heterocycles. The molecule has 0 aliphatic rings. The second-order valence-corrected chi connectivity index (χ2v) is 6.64. The maximum absolute atomic E-state index is 13.6. The van der Waals surface area contributed by atoms with E-state index >= 15 is 0 Å². The van der Waals surface area contributed by atoms with Gasteiger partial charge < -0.3 is 5.11 Å². The van der Waals surface area contributed by atoms with E-state index < -0.39 is 22.4 Å². The van der Waals surface area contributed by atoms with Crippen LogP contribution in [0.5, 0.6) is 0 Å². The van der Waals surface area contributed by atoms with Crippen LogP contribution in [0.2, 0.25) is 5.02 Å². The minimum absolute atomic E-state index is 0.0515. The molecule has 0 aliphatic carbocycles. The van der Waals surface area contributed by atoms with Crippen LogP contribution in [0.4, 0.5) is 4.39 Å². The lowest BCUT2D eigenvalue weighted by atomic mass is 10.1. The topological polar surface area (TPSA) is 66.4 Å². The van der Waals surface area contributed by atoms with Gasteiger partial charge in [-0.25, -0.2) is 17.5 Å². The van der Waals surface area contributed by atoms with Gasteiger partial charge in [-0.05, 0) is 25.0 Å². The van der Waals surface area contributed by atoms with E-state index in [4.69, 9.17) is 16.7 Å². The van der Waals surface area contributed by atoms with Gasteiger partial charge in [-0.2, -0.15) is 0 Å². The van der Waals surface area contributed by atoms with E-state index in [1.54, 1.807) is 0 Å². The van der Waals surface area contributed by atoms with E-state index in [1.165, 1.54) is 6.07 Å². The fourth-order valence-corrected chi connectivity index (χ4v) is 3.46. The van der Waals surface area contributed by atoms with Crippen LogP contribution in [0, 0.1) is 5.82 Å². The number of aliphatic hydroxyl groups is 1. The monoisotopic (exact) mass is 323 g/mol. The van der Waals surface area contributed by atoms with Crippen molar-refractivity contribution in [1.82, 2.24) is 4.72 Å². The van der Waals surface area contributed by atoms with Gasteiger partial charge in [0.05, 0.1) is 16.5 Å². The molecule has 1 rings (SSSR count). The Morgan fingerprint density at radius 2 is 2.05 bits per heavy atom. The Bertz CT molecular complexity index is 563. The average molecular weight is 324 g/mol. The van der Waals surface area contributed by atoms with Crippen molar-refractivity contribution >= 4 is 21.6 Å². The third-order valence-corrected chi connectivity index (χ3v) is 4.93. The third kappa shape index (κ3) is 4.15. The van der Waals surface area contributed by atoms with E-state index in [0.717, 1.165) is 12.5 Å². The summed E-state index contributed by atoms with van der Waals surface area (Å²) in [6.07, 6.45) is 2.20. The maximum Gasteiger partial charge on any atom is 0.240 e. The van der Waals surface area contributed by atoms with Gasteiger partial charge in [0.15, 0.2) is 0 Å². The Balaban J connectivity index is 3.12. The largest absolute Gasteiger partial charge is 0.392 e. The highest BCUT2D eigenvalue weighted by molar-refractivity contribution is 7.89. The number of halogens is 2. The SMILES string of the molecule is CCCC(CC)NS(=O)(=O)c1cc(F)c(Cl)c(CO)c1. The fraction of sp³-hybridized carbons (Fsp3) is 0.538. The lowest BCUT2D eigenvalue weighted by Gasteiger charge is -2.17. The van der Waals surface area contributed by atoms with Crippen LogP contribution in [-0.4, -0.2) is 19.6 Å². The lowest BCUT2D eigenvalue weighted by Crippen LogP contribution is -2.34. The van der Waals surface area contributed by atoms with Crippen LogP contribution >= 0.6 is 11.6 Å². The first-order valence-electron chi connectivity index (χ1n) is 6.46. The van der Waals surface area contributed by atoms with Gasteiger partial charge >= 0.3 is 0 Å². The summed E-state index contributed by atoms with van der Waals surface area (Å²) in [7, 11) is -3.83. The van der Waals surface area contributed by atoms with Crippen LogP contribution in [0.25, 0.3) is 0 Å². The molecule has 0 spiro atoms. The first-order valence-corrected chi connectivity index (χ1v) is 8.32. The molecule has 0 radical (unpaired) electrons. The maximum atomic E-state index is 13.6. The molecule has 1 aromatic rings. The molecule has 0 bridgehead atoms. The van der Waals surface area contributed by atoms with Crippen LogP contribution in [-0.2, 0) is 16.6 Å². The number of hydrogen-bond acceptors (Lipinski definition) is 3. The molecule has 0 amide bonds. The highest BCUT2D eigenvalue weighted by atomic mass is 35.5. The van der Waals surface area contributed by atoms with Crippen LogP contribution in [0.1, 0.15) is 38.7 Å². The van der Waals surface area contributed by atoms with Crippen molar-refractivity contribution in [3.05, 3.63) is 28.5 Å². The molecule has 0 aromatic heterocycles. The molecule has 0 aliphatic heterocycles. The van der Waals surface area contributed by atoms with Crippen molar-refractivity contribution < 1.29 is 17.9 Å². The number of sulfonamides is 1. The zero-order chi connectivity index (χ0) is 15.3. The number of aliphatic hydroxyl groups excluding tert-OH is 1. The molecule has 1 aromatic carbocycles. The second kappa shape index (κ2) is 7.36. The van der Waals surface area contributed by atoms with E-state index in [1.807, 2.05) is 13.8 Å².